The van der Waals surface area contributed by atoms with Gasteiger partial charge in [-0.1, -0.05) is 38.4 Å². The van der Waals surface area contributed by atoms with Gasteiger partial charge >= 0.3 is 0 Å². The zero-order valence-electron chi connectivity index (χ0n) is 18.0. The van der Waals surface area contributed by atoms with Crippen molar-refractivity contribution in [2.75, 3.05) is 30.3 Å². The van der Waals surface area contributed by atoms with Gasteiger partial charge in [0.05, 0.1) is 25.0 Å². The van der Waals surface area contributed by atoms with Crippen LogP contribution in [0.25, 0.3) is 0 Å². The van der Waals surface area contributed by atoms with Gasteiger partial charge in [-0.05, 0) is 47.4 Å². The molecule has 0 saturated heterocycles. The number of amides is 1. The molecule has 1 N–H and O–H groups in total. The molecule has 0 saturated carbocycles. The van der Waals surface area contributed by atoms with Crippen LogP contribution in [0.1, 0.15) is 26.3 Å². The van der Waals surface area contributed by atoms with E-state index in [-0.39, 0.29) is 25.1 Å². The minimum Gasteiger partial charge on any atom is -0.492 e. The van der Waals surface area contributed by atoms with Crippen LogP contribution in [-0.4, -0.2) is 46.4 Å². The topological polar surface area (TPSA) is 84.9 Å². The van der Waals surface area contributed by atoms with E-state index >= 15 is 0 Å². The molecule has 0 aromatic heterocycles. The molecule has 1 aliphatic rings. The van der Waals surface area contributed by atoms with E-state index in [1.807, 2.05) is 32.9 Å². The highest BCUT2D eigenvalue weighted by atomic mass is 35.5. The Bertz CT molecular complexity index is 1050. The monoisotopic (exact) mass is 466 g/mol. The standard InChI is InChI=1S/C22H27ClN2O5S/c1-22(2,3)15-5-10-19-18(13-15)25(31(4,27)28)14-20(30-19)21(26)24-11-12-29-17-8-6-16(23)7-9-17/h5-10,13,20H,11-12,14H2,1-4H3,(H,24,26). The van der Waals surface area contributed by atoms with Crippen molar-refractivity contribution in [2.45, 2.75) is 32.3 Å². The molecular formula is C22H27ClN2O5S. The van der Waals surface area contributed by atoms with Crippen LogP contribution in [0.2, 0.25) is 5.02 Å². The zero-order chi connectivity index (χ0) is 22.8. The highest BCUT2D eigenvalue weighted by Crippen LogP contribution is 2.38. The number of hydrogen-bond donors (Lipinski definition) is 1. The molecule has 9 heteroatoms. The minimum atomic E-state index is -3.59. The first-order chi connectivity index (χ1) is 14.4. The number of rotatable bonds is 6. The first-order valence-electron chi connectivity index (χ1n) is 9.90. The summed E-state index contributed by atoms with van der Waals surface area (Å²) in [6.45, 7) is 6.55. The Balaban J connectivity index is 1.67. The van der Waals surface area contributed by atoms with Crippen molar-refractivity contribution in [3.8, 4) is 11.5 Å². The summed E-state index contributed by atoms with van der Waals surface area (Å²) in [5.41, 5.74) is 1.27. The lowest BCUT2D eigenvalue weighted by Gasteiger charge is -2.35. The Labute approximate surface area is 188 Å². The third kappa shape index (κ3) is 5.83. The number of ether oxygens (including phenoxy) is 2. The molecule has 3 rings (SSSR count). The number of fused-ring (bicyclic) bond motifs is 1. The molecular weight excluding hydrogens is 440 g/mol. The maximum Gasteiger partial charge on any atom is 0.263 e. The molecule has 2 aromatic carbocycles. The molecule has 2 aromatic rings. The van der Waals surface area contributed by atoms with E-state index in [9.17, 15) is 13.2 Å². The Morgan fingerprint density at radius 3 is 2.52 bits per heavy atom. The number of nitrogens with zero attached hydrogens (tertiary/aromatic N) is 1. The van der Waals surface area contributed by atoms with Gasteiger partial charge in [0.2, 0.25) is 10.0 Å². The van der Waals surface area contributed by atoms with Gasteiger partial charge in [-0.15, -0.1) is 0 Å². The molecule has 1 heterocycles. The van der Waals surface area contributed by atoms with Crippen molar-refractivity contribution in [3.63, 3.8) is 0 Å². The van der Waals surface area contributed by atoms with Crippen LogP contribution in [0, 0.1) is 0 Å². The summed E-state index contributed by atoms with van der Waals surface area (Å²) < 4.78 is 37.5. The Morgan fingerprint density at radius 1 is 1.23 bits per heavy atom. The van der Waals surface area contributed by atoms with Crippen molar-refractivity contribution in [1.82, 2.24) is 5.32 Å². The third-order valence-electron chi connectivity index (χ3n) is 4.87. The van der Waals surface area contributed by atoms with E-state index in [1.54, 1.807) is 30.3 Å². The molecule has 31 heavy (non-hydrogen) atoms. The molecule has 1 atom stereocenters. The van der Waals surface area contributed by atoms with Crippen LogP contribution in [0.3, 0.4) is 0 Å². The summed E-state index contributed by atoms with van der Waals surface area (Å²) in [5, 5.41) is 3.35. The van der Waals surface area contributed by atoms with Gasteiger partial charge in [0, 0.05) is 5.02 Å². The van der Waals surface area contributed by atoms with Crippen molar-refractivity contribution in [2.24, 2.45) is 0 Å². The SMILES string of the molecule is CC(C)(C)c1ccc2c(c1)N(S(C)(=O)=O)CC(C(=O)NCCOc1ccc(Cl)cc1)O2. The highest BCUT2D eigenvalue weighted by Gasteiger charge is 2.35. The van der Waals surface area contributed by atoms with Crippen molar-refractivity contribution in [1.29, 1.82) is 0 Å². The first-order valence-corrected chi connectivity index (χ1v) is 12.1. The van der Waals surface area contributed by atoms with Crippen LogP contribution >= 0.6 is 11.6 Å². The molecule has 0 fully saturated rings. The van der Waals surface area contributed by atoms with Gasteiger partial charge in [0.25, 0.3) is 5.91 Å². The van der Waals surface area contributed by atoms with Gasteiger partial charge in [-0.25, -0.2) is 8.42 Å². The second-order valence-electron chi connectivity index (χ2n) is 8.43. The maximum atomic E-state index is 12.6. The molecule has 1 unspecified atom stereocenters. The van der Waals surface area contributed by atoms with Crippen molar-refractivity contribution < 1.29 is 22.7 Å². The quantitative estimate of drug-likeness (QED) is 0.660. The second kappa shape index (κ2) is 8.96. The van der Waals surface area contributed by atoms with Crippen LogP contribution < -0.4 is 19.1 Å². The van der Waals surface area contributed by atoms with Crippen LogP contribution in [0.5, 0.6) is 11.5 Å². The van der Waals surface area contributed by atoms with Gasteiger partial charge in [0.15, 0.2) is 6.10 Å². The number of nitrogens with one attached hydrogen (secondary N) is 1. The maximum absolute atomic E-state index is 12.6. The Morgan fingerprint density at radius 2 is 1.90 bits per heavy atom. The molecule has 0 radical (unpaired) electrons. The van der Waals surface area contributed by atoms with Crippen molar-refractivity contribution in [3.05, 3.63) is 53.1 Å². The van der Waals surface area contributed by atoms with Crippen LogP contribution in [0.15, 0.2) is 42.5 Å². The smallest absolute Gasteiger partial charge is 0.263 e. The minimum absolute atomic E-state index is 0.0939. The number of benzene rings is 2. The van der Waals surface area contributed by atoms with E-state index < -0.39 is 22.0 Å². The molecule has 0 spiro atoms. The molecule has 168 valence electrons. The predicted molar refractivity (Wildman–Crippen MR) is 122 cm³/mol. The van der Waals surface area contributed by atoms with E-state index in [4.69, 9.17) is 21.1 Å². The Kier molecular flexibility index (Phi) is 6.71. The summed E-state index contributed by atoms with van der Waals surface area (Å²) in [6.07, 6.45) is 0.166. The lowest BCUT2D eigenvalue weighted by molar-refractivity contribution is -0.127. The zero-order valence-corrected chi connectivity index (χ0v) is 19.6. The lowest BCUT2D eigenvalue weighted by atomic mass is 9.86. The van der Waals surface area contributed by atoms with E-state index in [2.05, 4.69) is 5.32 Å². The fourth-order valence-corrected chi connectivity index (χ4v) is 4.19. The number of hydrogen-bond acceptors (Lipinski definition) is 5. The van der Waals surface area contributed by atoms with E-state index in [0.717, 1.165) is 11.8 Å². The molecule has 7 nitrogen and oxygen atoms in total. The summed E-state index contributed by atoms with van der Waals surface area (Å²) in [6, 6.07) is 12.3. The average Bonchev–Trinajstić information content (AvgIpc) is 2.69. The summed E-state index contributed by atoms with van der Waals surface area (Å²) in [4.78, 5) is 12.6. The number of carbonyl (C=O) groups is 1. The highest BCUT2D eigenvalue weighted by molar-refractivity contribution is 7.92. The van der Waals surface area contributed by atoms with Gasteiger partial charge < -0.3 is 14.8 Å². The molecule has 1 amide bonds. The predicted octanol–water partition coefficient (Wildman–Crippen LogP) is 3.36. The fourth-order valence-electron chi connectivity index (χ4n) is 3.16. The van der Waals surface area contributed by atoms with Crippen LogP contribution in [0.4, 0.5) is 5.69 Å². The number of halogens is 1. The lowest BCUT2D eigenvalue weighted by Crippen LogP contribution is -2.51. The summed E-state index contributed by atoms with van der Waals surface area (Å²) >= 11 is 5.84. The van der Waals surface area contributed by atoms with Crippen molar-refractivity contribution >= 4 is 33.2 Å². The summed E-state index contributed by atoms with van der Waals surface area (Å²) in [5.74, 6) is 0.598. The second-order valence-corrected chi connectivity index (χ2v) is 10.8. The third-order valence-corrected chi connectivity index (χ3v) is 6.27. The van der Waals surface area contributed by atoms with Crippen LogP contribution in [-0.2, 0) is 20.2 Å². The average molecular weight is 467 g/mol. The molecule has 0 aliphatic carbocycles. The van der Waals surface area contributed by atoms with E-state index in [1.165, 1.54) is 4.31 Å². The fraction of sp³-hybridized carbons (Fsp3) is 0.409. The first kappa shape index (κ1) is 23.2. The van der Waals surface area contributed by atoms with Gasteiger partial charge in [-0.3, -0.25) is 9.10 Å². The normalized spacial score (nSPS) is 16.3. The number of anilines is 1. The van der Waals surface area contributed by atoms with Gasteiger partial charge in [-0.2, -0.15) is 0 Å². The Hall–Kier alpha value is -2.45. The summed E-state index contributed by atoms with van der Waals surface area (Å²) in [7, 11) is -3.59. The number of carbonyl (C=O) groups excluding carboxylic acids is 1. The van der Waals surface area contributed by atoms with Gasteiger partial charge in [0.1, 0.15) is 18.1 Å². The molecule has 1 aliphatic heterocycles. The number of sulfonamides is 1. The van der Waals surface area contributed by atoms with E-state index in [0.29, 0.717) is 22.2 Å². The molecule has 0 bridgehead atoms. The largest absolute Gasteiger partial charge is 0.492 e.